The van der Waals surface area contributed by atoms with Gasteiger partial charge in [-0.05, 0) is 0 Å². The van der Waals surface area contributed by atoms with Crippen molar-refractivity contribution >= 4 is 5.91 Å². The van der Waals surface area contributed by atoms with Crippen LogP contribution in [-0.4, -0.2) is 169 Å². The van der Waals surface area contributed by atoms with Crippen LogP contribution in [0.3, 0.4) is 0 Å². The largest absolute Gasteiger partial charge is 0.394 e. The van der Waals surface area contributed by atoms with Crippen LogP contribution >= 0.6 is 0 Å². The first-order valence-corrected chi connectivity index (χ1v) is 11.6. The predicted molar refractivity (Wildman–Crippen MR) is 113 cm³/mol. The van der Waals surface area contributed by atoms with Gasteiger partial charge in [0.05, 0.1) is 19.8 Å². The molecule has 3 heterocycles. The second-order valence-corrected chi connectivity index (χ2v) is 9.07. The number of nitrogens with one attached hydrogen (secondary N) is 1. The highest BCUT2D eigenvalue weighted by atomic mass is 16.7. The third-order valence-electron chi connectivity index (χ3n) is 6.49. The zero-order valence-corrected chi connectivity index (χ0v) is 19.7. The molecule has 3 saturated heterocycles. The molecule has 11 N–H and O–H groups in total. The molecule has 17 nitrogen and oxygen atoms in total. The minimum absolute atomic E-state index is 0.620. The summed E-state index contributed by atoms with van der Waals surface area (Å²) in [6.45, 7) is -1.21. The van der Waals surface area contributed by atoms with E-state index < -0.39 is 118 Å². The van der Waals surface area contributed by atoms with E-state index in [9.17, 15) is 55.9 Å². The Labute approximate surface area is 210 Å². The fourth-order valence-electron chi connectivity index (χ4n) is 4.46. The lowest BCUT2D eigenvalue weighted by molar-refractivity contribution is -0.373. The standard InChI is InChI=1S/C20H35NO16/c1-5(25)21-9-11(27)16(7(3-23)33-18(9)32)36-20-15(31)13(29)17(8(4-24)35-20)37-19-14(30)12(28)10(26)6(2-22)34-19/h6-20,22-24,26-32H,2-4H2,1H3,(H,21,25)/t6-,7-,8-,9-,10+,11-,12+,13-,14-,15-,16+,17+,18?,19-,20+/m1/s1. The number of amides is 1. The molecule has 17 heteroatoms. The highest BCUT2D eigenvalue weighted by molar-refractivity contribution is 5.73. The molecule has 0 aliphatic carbocycles. The van der Waals surface area contributed by atoms with E-state index in [1.807, 2.05) is 0 Å². The zero-order chi connectivity index (χ0) is 27.6. The van der Waals surface area contributed by atoms with Crippen LogP contribution in [0.5, 0.6) is 0 Å². The Morgan fingerprint density at radius 3 is 1.62 bits per heavy atom. The van der Waals surface area contributed by atoms with Gasteiger partial charge in [-0.25, -0.2) is 0 Å². The molecule has 0 radical (unpaired) electrons. The van der Waals surface area contributed by atoms with Gasteiger partial charge in [0.2, 0.25) is 5.91 Å². The van der Waals surface area contributed by atoms with Gasteiger partial charge in [0.15, 0.2) is 18.9 Å². The summed E-state index contributed by atoms with van der Waals surface area (Å²) >= 11 is 0. The number of carbonyl (C=O) groups excluding carboxylic acids is 1. The number of hydrogen-bond acceptors (Lipinski definition) is 16. The van der Waals surface area contributed by atoms with Crippen molar-refractivity contribution in [3.8, 4) is 0 Å². The van der Waals surface area contributed by atoms with Gasteiger partial charge in [-0.3, -0.25) is 4.79 Å². The average molecular weight is 545 g/mol. The number of aliphatic hydroxyl groups is 10. The maximum atomic E-state index is 11.4. The van der Waals surface area contributed by atoms with Crippen LogP contribution in [0.15, 0.2) is 0 Å². The van der Waals surface area contributed by atoms with E-state index in [0.29, 0.717) is 0 Å². The summed E-state index contributed by atoms with van der Waals surface area (Å²) in [6, 6.07) is -1.38. The first kappa shape index (κ1) is 30.4. The van der Waals surface area contributed by atoms with E-state index in [0.717, 1.165) is 6.92 Å². The van der Waals surface area contributed by atoms with Gasteiger partial charge in [-0.1, -0.05) is 0 Å². The van der Waals surface area contributed by atoms with E-state index in [1.165, 1.54) is 0 Å². The second kappa shape index (κ2) is 12.8. The van der Waals surface area contributed by atoms with Crippen molar-refractivity contribution in [2.24, 2.45) is 0 Å². The number of carbonyl (C=O) groups is 1. The minimum atomic E-state index is -1.92. The van der Waals surface area contributed by atoms with Gasteiger partial charge < -0.3 is 80.1 Å². The molecule has 0 aromatic carbocycles. The van der Waals surface area contributed by atoms with Crippen molar-refractivity contribution in [2.45, 2.75) is 99.0 Å². The molecule has 0 saturated carbocycles. The Balaban J connectivity index is 1.74. The molecular weight excluding hydrogens is 510 g/mol. The van der Waals surface area contributed by atoms with Crippen molar-refractivity contribution < 1.29 is 79.5 Å². The molecule has 3 aliphatic heterocycles. The molecule has 1 unspecified atom stereocenters. The molecule has 1 amide bonds. The van der Waals surface area contributed by atoms with E-state index in [2.05, 4.69) is 5.32 Å². The van der Waals surface area contributed by atoms with Gasteiger partial charge in [0.1, 0.15) is 73.2 Å². The van der Waals surface area contributed by atoms with Crippen LogP contribution in [0.25, 0.3) is 0 Å². The van der Waals surface area contributed by atoms with E-state index in [-0.39, 0.29) is 0 Å². The summed E-state index contributed by atoms with van der Waals surface area (Å²) in [5.41, 5.74) is 0. The van der Waals surface area contributed by atoms with Crippen LogP contribution in [0, 0.1) is 0 Å². The molecule has 15 atom stereocenters. The summed E-state index contributed by atoms with van der Waals surface area (Å²) in [7, 11) is 0. The van der Waals surface area contributed by atoms with E-state index in [1.54, 1.807) is 0 Å². The lowest BCUT2D eigenvalue weighted by Gasteiger charge is -2.48. The monoisotopic (exact) mass is 545 g/mol. The maximum Gasteiger partial charge on any atom is 0.217 e. The van der Waals surface area contributed by atoms with Crippen molar-refractivity contribution in [1.29, 1.82) is 0 Å². The molecular formula is C20H35NO16. The fraction of sp³-hybridized carbons (Fsp3) is 0.950. The average Bonchev–Trinajstić information content (AvgIpc) is 2.87. The number of rotatable bonds is 8. The molecule has 3 aliphatic rings. The van der Waals surface area contributed by atoms with Gasteiger partial charge >= 0.3 is 0 Å². The summed E-state index contributed by atoms with van der Waals surface area (Å²) in [4.78, 5) is 11.4. The first-order chi connectivity index (χ1) is 17.4. The molecule has 0 bridgehead atoms. The van der Waals surface area contributed by atoms with Gasteiger partial charge in [0, 0.05) is 6.92 Å². The zero-order valence-electron chi connectivity index (χ0n) is 19.7. The minimum Gasteiger partial charge on any atom is -0.394 e. The van der Waals surface area contributed by atoms with Crippen LogP contribution in [0.2, 0.25) is 0 Å². The van der Waals surface area contributed by atoms with Gasteiger partial charge in [0.25, 0.3) is 0 Å². The summed E-state index contributed by atoms with van der Waals surface area (Å²) in [6.07, 6.45) is -23.2. The molecule has 216 valence electrons. The molecule has 3 rings (SSSR count). The summed E-state index contributed by atoms with van der Waals surface area (Å²) in [5.74, 6) is -0.620. The van der Waals surface area contributed by atoms with Gasteiger partial charge in [-0.15, -0.1) is 0 Å². The van der Waals surface area contributed by atoms with Crippen molar-refractivity contribution in [3.63, 3.8) is 0 Å². The van der Waals surface area contributed by atoms with Gasteiger partial charge in [-0.2, -0.15) is 0 Å². The quantitative estimate of drug-likeness (QED) is 0.135. The van der Waals surface area contributed by atoms with Crippen LogP contribution in [-0.2, 0) is 28.5 Å². The van der Waals surface area contributed by atoms with Crippen molar-refractivity contribution in [1.82, 2.24) is 5.32 Å². The topological polar surface area (TPSA) is 278 Å². The third-order valence-corrected chi connectivity index (χ3v) is 6.49. The van der Waals surface area contributed by atoms with Crippen LogP contribution in [0.4, 0.5) is 0 Å². The number of aliphatic hydroxyl groups excluding tert-OH is 10. The summed E-state index contributed by atoms with van der Waals surface area (Å²) in [5, 5.41) is 103. The molecule has 3 fully saturated rings. The number of hydrogen-bond donors (Lipinski definition) is 11. The lowest BCUT2D eigenvalue weighted by Crippen LogP contribution is -2.68. The smallest absolute Gasteiger partial charge is 0.217 e. The Morgan fingerprint density at radius 1 is 0.649 bits per heavy atom. The fourth-order valence-corrected chi connectivity index (χ4v) is 4.46. The van der Waals surface area contributed by atoms with Crippen LogP contribution in [0.1, 0.15) is 6.92 Å². The Morgan fingerprint density at radius 2 is 1.11 bits per heavy atom. The Hall–Kier alpha value is -1.13. The predicted octanol–water partition coefficient (Wildman–Crippen LogP) is -7.43. The normalized spacial score (nSPS) is 49.0. The van der Waals surface area contributed by atoms with E-state index >= 15 is 0 Å². The second-order valence-electron chi connectivity index (χ2n) is 9.07. The SMILES string of the molecule is CC(=O)N[C@H]1C(O)O[C@H](CO)[C@H](O[C@@H]2O[C@H](CO)[C@H](O[C@H]3O[C@H](CO)[C@H](O)[C@H](O)[C@H]3O)[C@H](O)[C@H]2O)[C@@H]1O. The number of ether oxygens (including phenoxy) is 5. The highest BCUT2D eigenvalue weighted by Gasteiger charge is 2.53. The van der Waals surface area contributed by atoms with Crippen LogP contribution < -0.4 is 5.32 Å². The molecule has 0 aromatic heterocycles. The van der Waals surface area contributed by atoms with Crippen molar-refractivity contribution in [2.75, 3.05) is 19.8 Å². The van der Waals surface area contributed by atoms with Crippen molar-refractivity contribution in [3.05, 3.63) is 0 Å². The Bertz CT molecular complexity index is 743. The first-order valence-electron chi connectivity index (χ1n) is 11.6. The highest BCUT2D eigenvalue weighted by Crippen LogP contribution is 2.32. The summed E-state index contributed by atoms with van der Waals surface area (Å²) < 4.78 is 26.9. The Kier molecular flexibility index (Phi) is 10.5. The third kappa shape index (κ3) is 6.38. The van der Waals surface area contributed by atoms with E-state index in [4.69, 9.17) is 23.7 Å². The lowest BCUT2D eigenvalue weighted by atomic mass is 9.95. The molecule has 37 heavy (non-hydrogen) atoms. The molecule has 0 aromatic rings. The molecule has 0 spiro atoms. The maximum absolute atomic E-state index is 11.4.